The molecule has 0 aromatic heterocycles. The first kappa shape index (κ1) is 23.0. The summed E-state index contributed by atoms with van der Waals surface area (Å²) in [4.78, 5) is 50.8. The van der Waals surface area contributed by atoms with Crippen molar-refractivity contribution >= 4 is 23.6 Å². The molecule has 1 aromatic carbocycles. The van der Waals surface area contributed by atoms with Crippen molar-refractivity contribution in [3.05, 3.63) is 35.4 Å². The second-order valence-corrected chi connectivity index (χ2v) is 6.46. The third-order valence-corrected chi connectivity index (χ3v) is 4.29. The molecule has 150 valence electrons. The topological polar surface area (TPSA) is 102 Å². The first-order valence-corrected chi connectivity index (χ1v) is 8.94. The standard InChI is InChI=1S/C20H26N4O4/c1-15(25)23(16(2)26)11-9-22(10-12-24(17(3)27)18(4)28)14-20-7-5-19(13-21)6-8-20/h5-8H,9-12,14H2,1-4H3. The van der Waals surface area contributed by atoms with Crippen LogP contribution in [0.15, 0.2) is 24.3 Å². The lowest BCUT2D eigenvalue weighted by Gasteiger charge is -2.28. The van der Waals surface area contributed by atoms with Crippen LogP contribution in [0.25, 0.3) is 0 Å². The third-order valence-electron chi connectivity index (χ3n) is 4.29. The van der Waals surface area contributed by atoms with E-state index in [0.29, 0.717) is 25.2 Å². The van der Waals surface area contributed by atoms with Gasteiger partial charge < -0.3 is 0 Å². The Labute approximate surface area is 165 Å². The summed E-state index contributed by atoms with van der Waals surface area (Å²) >= 11 is 0. The van der Waals surface area contributed by atoms with Gasteiger partial charge in [-0.3, -0.25) is 33.9 Å². The van der Waals surface area contributed by atoms with Gasteiger partial charge in [-0.25, -0.2) is 0 Å². The van der Waals surface area contributed by atoms with E-state index in [-0.39, 0.29) is 36.7 Å². The van der Waals surface area contributed by atoms with Crippen LogP contribution in [0.5, 0.6) is 0 Å². The molecule has 0 N–H and O–H groups in total. The van der Waals surface area contributed by atoms with Gasteiger partial charge >= 0.3 is 0 Å². The van der Waals surface area contributed by atoms with E-state index in [1.54, 1.807) is 12.1 Å². The van der Waals surface area contributed by atoms with Crippen molar-refractivity contribution in [3.8, 4) is 6.07 Å². The van der Waals surface area contributed by atoms with Gasteiger partial charge in [0.25, 0.3) is 0 Å². The molecule has 0 saturated heterocycles. The van der Waals surface area contributed by atoms with Gasteiger partial charge in [0.2, 0.25) is 23.6 Å². The van der Waals surface area contributed by atoms with Crippen LogP contribution < -0.4 is 0 Å². The van der Waals surface area contributed by atoms with E-state index in [9.17, 15) is 19.2 Å². The number of benzene rings is 1. The Hall–Kier alpha value is -3.05. The molecule has 0 atom stereocenters. The highest BCUT2D eigenvalue weighted by molar-refractivity contribution is 5.93. The normalized spacial score (nSPS) is 10.3. The van der Waals surface area contributed by atoms with Crippen LogP contribution in [0, 0.1) is 11.3 Å². The number of hydrogen-bond donors (Lipinski definition) is 0. The van der Waals surface area contributed by atoms with Crippen LogP contribution in [0.1, 0.15) is 38.8 Å². The van der Waals surface area contributed by atoms with Gasteiger partial charge in [-0.05, 0) is 17.7 Å². The Morgan fingerprint density at radius 2 is 1.14 bits per heavy atom. The molecule has 0 fully saturated rings. The average Bonchev–Trinajstić information content (AvgIpc) is 2.61. The highest BCUT2D eigenvalue weighted by atomic mass is 16.2. The lowest BCUT2D eigenvalue weighted by atomic mass is 10.1. The lowest BCUT2D eigenvalue weighted by molar-refractivity contribution is -0.143. The van der Waals surface area contributed by atoms with Crippen molar-refractivity contribution in [2.24, 2.45) is 0 Å². The largest absolute Gasteiger partial charge is 0.296 e. The predicted molar refractivity (Wildman–Crippen MR) is 103 cm³/mol. The minimum atomic E-state index is -0.333. The highest BCUT2D eigenvalue weighted by Crippen LogP contribution is 2.08. The molecule has 0 saturated carbocycles. The van der Waals surface area contributed by atoms with Crippen molar-refractivity contribution in [1.29, 1.82) is 5.26 Å². The maximum Gasteiger partial charge on any atom is 0.226 e. The summed E-state index contributed by atoms with van der Waals surface area (Å²) in [6.07, 6.45) is 0. The van der Waals surface area contributed by atoms with E-state index in [1.807, 2.05) is 17.0 Å². The molecule has 0 heterocycles. The number of carbonyl (C=O) groups excluding carboxylic acids is 4. The molecule has 1 aromatic rings. The monoisotopic (exact) mass is 386 g/mol. The van der Waals surface area contributed by atoms with Gasteiger partial charge in [-0.2, -0.15) is 5.26 Å². The highest BCUT2D eigenvalue weighted by Gasteiger charge is 2.18. The molecule has 0 aliphatic rings. The van der Waals surface area contributed by atoms with Gasteiger partial charge in [0.15, 0.2) is 0 Å². The Bertz CT molecular complexity index is 703. The van der Waals surface area contributed by atoms with Gasteiger partial charge in [-0.15, -0.1) is 0 Å². The Kier molecular flexibility index (Phi) is 8.99. The Morgan fingerprint density at radius 3 is 1.46 bits per heavy atom. The van der Waals surface area contributed by atoms with E-state index in [2.05, 4.69) is 6.07 Å². The minimum Gasteiger partial charge on any atom is -0.296 e. The summed E-state index contributed by atoms with van der Waals surface area (Å²) in [7, 11) is 0. The molecule has 0 bridgehead atoms. The van der Waals surface area contributed by atoms with Gasteiger partial charge in [0.1, 0.15) is 0 Å². The third kappa shape index (κ3) is 7.29. The molecular weight excluding hydrogens is 360 g/mol. The zero-order valence-corrected chi connectivity index (χ0v) is 16.8. The van der Waals surface area contributed by atoms with Crippen LogP contribution >= 0.6 is 0 Å². The number of hydrogen-bond acceptors (Lipinski definition) is 6. The Balaban J connectivity index is 2.89. The maximum atomic E-state index is 11.6. The number of imide groups is 2. The fourth-order valence-electron chi connectivity index (χ4n) is 2.77. The molecule has 0 aliphatic carbocycles. The molecular formula is C20H26N4O4. The summed E-state index contributed by atoms with van der Waals surface area (Å²) in [5.74, 6) is -1.33. The molecule has 8 nitrogen and oxygen atoms in total. The van der Waals surface area contributed by atoms with E-state index in [1.165, 1.54) is 27.7 Å². The zero-order chi connectivity index (χ0) is 21.3. The van der Waals surface area contributed by atoms with Gasteiger partial charge in [-0.1, -0.05) is 12.1 Å². The number of nitrogens with zero attached hydrogens (tertiary/aromatic N) is 4. The summed E-state index contributed by atoms with van der Waals surface area (Å²) in [6.45, 7) is 7.02. The average molecular weight is 386 g/mol. The summed E-state index contributed by atoms with van der Waals surface area (Å²) < 4.78 is 0. The second kappa shape index (κ2) is 10.9. The van der Waals surface area contributed by atoms with Gasteiger partial charge in [0, 0.05) is 60.4 Å². The second-order valence-electron chi connectivity index (χ2n) is 6.46. The quantitative estimate of drug-likeness (QED) is 0.664. The predicted octanol–water partition coefficient (Wildman–Crippen LogP) is 1.15. The van der Waals surface area contributed by atoms with Crippen LogP contribution in [0.2, 0.25) is 0 Å². The maximum absolute atomic E-state index is 11.6. The molecule has 8 heteroatoms. The molecule has 1 rings (SSSR count). The van der Waals surface area contributed by atoms with Crippen molar-refractivity contribution < 1.29 is 19.2 Å². The van der Waals surface area contributed by atoms with Crippen LogP contribution in [-0.2, 0) is 25.7 Å². The van der Waals surface area contributed by atoms with Crippen LogP contribution in [0.3, 0.4) is 0 Å². The van der Waals surface area contributed by atoms with Crippen molar-refractivity contribution in [2.45, 2.75) is 34.2 Å². The fourth-order valence-corrected chi connectivity index (χ4v) is 2.77. The molecule has 0 aliphatic heterocycles. The van der Waals surface area contributed by atoms with E-state index >= 15 is 0 Å². The molecule has 0 spiro atoms. The summed E-state index contributed by atoms with van der Waals surface area (Å²) in [6, 6.07) is 9.13. The molecule has 0 unspecified atom stereocenters. The first-order chi connectivity index (χ1) is 13.1. The van der Waals surface area contributed by atoms with Crippen LogP contribution in [0.4, 0.5) is 0 Å². The Morgan fingerprint density at radius 1 is 0.750 bits per heavy atom. The molecule has 0 radical (unpaired) electrons. The SMILES string of the molecule is CC(=O)N(CCN(CCN(C(C)=O)C(C)=O)Cc1ccc(C#N)cc1)C(C)=O. The fraction of sp³-hybridized carbons (Fsp3) is 0.450. The van der Waals surface area contributed by atoms with Crippen molar-refractivity contribution in [3.63, 3.8) is 0 Å². The minimum absolute atomic E-state index is 0.209. The lowest BCUT2D eigenvalue weighted by Crippen LogP contribution is -2.44. The summed E-state index contributed by atoms with van der Waals surface area (Å²) in [5.41, 5.74) is 1.49. The molecule has 4 amide bonds. The van der Waals surface area contributed by atoms with E-state index in [4.69, 9.17) is 5.26 Å². The van der Waals surface area contributed by atoms with Crippen molar-refractivity contribution in [1.82, 2.24) is 14.7 Å². The van der Waals surface area contributed by atoms with E-state index in [0.717, 1.165) is 15.4 Å². The number of rotatable bonds is 8. The van der Waals surface area contributed by atoms with Crippen LogP contribution in [-0.4, -0.2) is 64.5 Å². The smallest absolute Gasteiger partial charge is 0.226 e. The summed E-state index contributed by atoms with van der Waals surface area (Å²) in [5, 5.41) is 8.91. The van der Waals surface area contributed by atoms with Crippen molar-refractivity contribution in [2.75, 3.05) is 26.2 Å². The number of nitriles is 1. The first-order valence-electron chi connectivity index (χ1n) is 8.94. The zero-order valence-electron chi connectivity index (χ0n) is 16.8. The molecule has 28 heavy (non-hydrogen) atoms. The number of amides is 4. The number of carbonyl (C=O) groups is 4. The van der Waals surface area contributed by atoms with E-state index < -0.39 is 0 Å². The van der Waals surface area contributed by atoms with Gasteiger partial charge in [0.05, 0.1) is 11.6 Å².